The Bertz CT molecular complexity index is 2830. The lowest BCUT2D eigenvalue weighted by Crippen LogP contribution is -2.73. The summed E-state index contributed by atoms with van der Waals surface area (Å²) in [7, 11) is 0. The van der Waals surface area contributed by atoms with E-state index >= 15 is 0 Å². The zero-order valence-corrected chi connectivity index (χ0v) is 44.2. The fraction of sp³-hybridized carbons (Fsp3) is 0.328. The molecule has 10 rings (SSSR count). The Morgan fingerprint density at radius 2 is 0.782 bits per heavy atom. The van der Waals surface area contributed by atoms with Gasteiger partial charge in [0.1, 0.15) is 53.6 Å². The van der Waals surface area contributed by atoms with Crippen molar-refractivity contribution in [3.63, 3.8) is 0 Å². The van der Waals surface area contributed by atoms with Gasteiger partial charge >= 0.3 is 5.97 Å². The van der Waals surface area contributed by atoms with Crippen LogP contribution in [0.3, 0.4) is 0 Å². The molecule has 0 aliphatic carbocycles. The molecule has 78 heavy (non-hydrogen) atoms. The highest BCUT2D eigenvalue weighted by Crippen LogP contribution is 2.48. The number of thioether (sulfide) groups is 1. The predicted octanol–water partition coefficient (Wildman–Crippen LogP) is 10.3. The van der Waals surface area contributed by atoms with Crippen LogP contribution in [0.15, 0.2) is 212 Å². The number of hydrogen-bond acceptors (Lipinski definition) is 13. The van der Waals surface area contributed by atoms with E-state index in [9.17, 15) is 9.90 Å². The summed E-state index contributed by atoms with van der Waals surface area (Å²) in [4.78, 5) is 11.8. The molecule has 14 heteroatoms. The number of carbonyl (C=O) groups is 1. The Labute approximate surface area is 461 Å². The molecule has 1 spiro atoms. The van der Waals surface area contributed by atoms with Crippen molar-refractivity contribution in [2.75, 3.05) is 19.0 Å². The van der Waals surface area contributed by atoms with E-state index in [0.717, 1.165) is 38.9 Å². The van der Waals surface area contributed by atoms with Gasteiger partial charge in [0.25, 0.3) is 0 Å². The Kier molecular flexibility index (Phi) is 20.0. The smallest absolute Gasteiger partial charge is 0.321 e. The van der Waals surface area contributed by atoms with Crippen LogP contribution in [0.4, 0.5) is 0 Å². The maximum absolute atomic E-state index is 13.1. The second kappa shape index (κ2) is 28.2. The first-order chi connectivity index (χ1) is 38.5. The van der Waals surface area contributed by atoms with E-state index in [2.05, 4.69) is 5.32 Å². The lowest BCUT2D eigenvalue weighted by atomic mass is 9.93. The van der Waals surface area contributed by atoms with Gasteiger partial charge in [-0.15, -0.1) is 11.8 Å². The Hall–Kier alpha value is -6.08. The lowest BCUT2D eigenvalue weighted by molar-refractivity contribution is -0.387. The summed E-state index contributed by atoms with van der Waals surface area (Å²) in [5.74, 6) is -0.803. The van der Waals surface area contributed by atoms with E-state index in [-0.39, 0.29) is 58.6 Å². The molecule has 406 valence electrons. The second-order valence-electron chi connectivity index (χ2n) is 19.6. The SMILES string of the molecule is O=C(O)[C@H]1CS[C@@]2(N1)[C@@H](OCc1ccccc1)[C@H](O[C@H]1O[C@H](COCc3ccccc3)[C@@H](OCc3ccccc3)[C@H](OCc3ccccc3)[C@@H]1OCc1ccccc1)O[C@H](COCc1ccccc1)[C@@H]2OCc1ccccc1. The van der Waals surface area contributed by atoms with Gasteiger partial charge in [-0.05, 0) is 38.9 Å². The second-order valence-corrected chi connectivity index (χ2v) is 20.9. The molecule has 3 fully saturated rings. The van der Waals surface area contributed by atoms with Gasteiger partial charge in [-0.2, -0.15) is 0 Å². The van der Waals surface area contributed by atoms with Crippen molar-refractivity contribution in [3.8, 4) is 0 Å². The largest absolute Gasteiger partial charge is 0.480 e. The van der Waals surface area contributed by atoms with Crippen molar-refractivity contribution in [1.82, 2.24) is 5.32 Å². The molecule has 7 aromatic carbocycles. The van der Waals surface area contributed by atoms with Gasteiger partial charge in [-0.1, -0.05) is 212 Å². The van der Waals surface area contributed by atoms with Gasteiger partial charge in [0, 0.05) is 5.75 Å². The molecular weight excluding hydrogens is 1010 g/mol. The van der Waals surface area contributed by atoms with Gasteiger partial charge in [0.15, 0.2) is 12.6 Å². The number of nitrogens with one attached hydrogen (secondary N) is 1. The van der Waals surface area contributed by atoms with Crippen molar-refractivity contribution in [1.29, 1.82) is 0 Å². The Balaban J connectivity index is 1.06. The number of benzene rings is 7. The van der Waals surface area contributed by atoms with Crippen molar-refractivity contribution >= 4 is 17.7 Å². The fourth-order valence-electron chi connectivity index (χ4n) is 10.0. The number of hydrogen-bond donors (Lipinski definition) is 2. The third-order valence-electron chi connectivity index (χ3n) is 14.0. The summed E-state index contributed by atoms with van der Waals surface area (Å²) < 4.78 is 70.3. The molecule has 0 bridgehead atoms. The van der Waals surface area contributed by atoms with E-state index in [1.165, 1.54) is 11.8 Å². The van der Waals surface area contributed by atoms with Crippen molar-refractivity contribution < 1.29 is 57.3 Å². The summed E-state index contributed by atoms with van der Waals surface area (Å²) in [5.41, 5.74) is 6.62. The molecule has 0 aromatic heterocycles. The quantitative estimate of drug-likeness (QED) is 0.0531. The van der Waals surface area contributed by atoms with E-state index in [4.69, 9.17) is 47.4 Å². The number of ether oxygens (including phenoxy) is 10. The summed E-state index contributed by atoms with van der Waals surface area (Å²) in [6.07, 6.45) is -8.45. The number of carboxylic acid groups (broad SMARTS) is 1. The maximum atomic E-state index is 13.1. The molecule has 3 heterocycles. The highest BCUT2D eigenvalue weighted by atomic mass is 32.2. The minimum atomic E-state index is -1.28. The topological polar surface area (TPSA) is 142 Å². The molecule has 0 radical (unpaired) electrons. The van der Waals surface area contributed by atoms with Crippen LogP contribution in [0.25, 0.3) is 0 Å². The van der Waals surface area contributed by atoms with E-state index < -0.39 is 72.2 Å². The fourth-order valence-corrected chi connectivity index (χ4v) is 11.7. The Morgan fingerprint density at radius 3 is 1.19 bits per heavy atom. The number of rotatable bonds is 26. The van der Waals surface area contributed by atoms with Crippen LogP contribution < -0.4 is 5.32 Å². The lowest BCUT2D eigenvalue weighted by Gasteiger charge is -2.53. The average Bonchev–Trinajstić information content (AvgIpc) is 4.10. The highest BCUT2D eigenvalue weighted by molar-refractivity contribution is 8.01. The van der Waals surface area contributed by atoms with Gasteiger partial charge in [-0.25, -0.2) is 0 Å². The van der Waals surface area contributed by atoms with Crippen LogP contribution in [0, 0.1) is 0 Å². The number of aliphatic carboxylic acids is 1. The van der Waals surface area contributed by atoms with Gasteiger partial charge < -0.3 is 52.5 Å². The standard InChI is InChI=1S/C64H67NO12S/c66-61(67)53-45-78-64(65-53)59(73-41-51-32-18-6-19-33-51)55(44-69-37-47-24-10-2-11-25-47)76-63(60(64)74-42-52-34-20-7-21-35-52)77-62-58(72-40-50-30-16-5-17-31-50)57(71-39-49-28-14-4-15-29-49)56(70-38-48-26-12-3-13-27-48)54(75-62)43-68-36-46-22-8-1-9-23-46/h1-35,53-60,62-63,65H,36-45H2,(H,66,67)/t53-,54-,55-,56-,57+,58+,59+,60+,62-,63+,64-/m1/s1. The van der Waals surface area contributed by atoms with E-state index in [1.54, 1.807) is 0 Å². The molecule has 0 amide bonds. The van der Waals surface area contributed by atoms with Crippen molar-refractivity contribution in [3.05, 3.63) is 251 Å². The van der Waals surface area contributed by atoms with Crippen LogP contribution in [0.5, 0.6) is 0 Å². The molecule has 3 saturated heterocycles. The first-order valence-electron chi connectivity index (χ1n) is 26.6. The molecule has 7 aromatic rings. The third kappa shape index (κ3) is 14.8. The van der Waals surface area contributed by atoms with Gasteiger partial charge in [-0.3, -0.25) is 10.1 Å². The van der Waals surface area contributed by atoms with Crippen LogP contribution in [0.2, 0.25) is 0 Å². The zero-order valence-electron chi connectivity index (χ0n) is 43.4. The zero-order chi connectivity index (χ0) is 53.2. The molecule has 3 aliphatic heterocycles. The summed E-state index contributed by atoms with van der Waals surface area (Å²) in [6.45, 7) is 1.71. The van der Waals surface area contributed by atoms with Gasteiger partial charge in [0.05, 0.1) is 59.5 Å². The normalized spacial score (nSPS) is 25.9. The molecule has 2 N–H and O–H groups in total. The van der Waals surface area contributed by atoms with Crippen LogP contribution in [0.1, 0.15) is 38.9 Å². The monoisotopic (exact) mass is 1070 g/mol. The molecule has 13 nitrogen and oxygen atoms in total. The molecule has 0 saturated carbocycles. The van der Waals surface area contributed by atoms with Crippen molar-refractivity contribution in [2.24, 2.45) is 0 Å². The van der Waals surface area contributed by atoms with Crippen LogP contribution in [-0.4, -0.2) is 96.3 Å². The third-order valence-corrected chi connectivity index (χ3v) is 15.5. The van der Waals surface area contributed by atoms with Gasteiger partial charge in [0.2, 0.25) is 0 Å². The van der Waals surface area contributed by atoms with E-state index in [1.807, 2.05) is 212 Å². The van der Waals surface area contributed by atoms with Crippen LogP contribution in [-0.2, 0) is 98.4 Å². The minimum Gasteiger partial charge on any atom is -0.480 e. The first-order valence-corrected chi connectivity index (χ1v) is 27.6. The molecule has 11 atom stereocenters. The summed E-state index contributed by atoms with van der Waals surface area (Å²) in [5, 5.41) is 14.3. The molecule has 3 aliphatic rings. The van der Waals surface area contributed by atoms with Crippen molar-refractivity contribution in [2.45, 2.75) is 112 Å². The average molecular weight is 1070 g/mol. The maximum Gasteiger partial charge on any atom is 0.321 e. The first kappa shape index (κ1) is 55.2. The Morgan fingerprint density at radius 1 is 0.436 bits per heavy atom. The minimum absolute atomic E-state index is 0.0506. The van der Waals surface area contributed by atoms with Crippen LogP contribution >= 0.6 is 11.8 Å². The molecular formula is C64H67NO12S. The molecule has 0 unspecified atom stereocenters. The summed E-state index contributed by atoms with van der Waals surface area (Å²) >= 11 is 1.42. The highest BCUT2D eigenvalue weighted by Gasteiger charge is 2.64. The predicted molar refractivity (Wildman–Crippen MR) is 295 cm³/mol. The summed E-state index contributed by atoms with van der Waals surface area (Å²) in [6, 6.07) is 68.4. The van der Waals surface area contributed by atoms with E-state index in [0.29, 0.717) is 6.61 Å². The number of carboxylic acids is 1.